The van der Waals surface area contributed by atoms with Gasteiger partial charge in [-0.1, -0.05) is 42.5 Å². The van der Waals surface area contributed by atoms with Gasteiger partial charge in [0, 0.05) is 17.3 Å². The van der Waals surface area contributed by atoms with Crippen LogP contribution < -0.4 is 10.1 Å². The Labute approximate surface area is 123 Å². The molecule has 3 nitrogen and oxygen atoms in total. The van der Waals surface area contributed by atoms with Crippen LogP contribution in [0.3, 0.4) is 0 Å². The van der Waals surface area contributed by atoms with Crippen molar-refractivity contribution in [3.63, 3.8) is 0 Å². The van der Waals surface area contributed by atoms with E-state index in [1.54, 1.807) is 13.2 Å². The Morgan fingerprint density at radius 2 is 1.71 bits per heavy atom. The van der Waals surface area contributed by atoms with E-state index in [-0.39, 0.29) is 5.91 Å². The highest BCUT2D eigenvalue weighted by molar-refractivity contribution is 6.12. The van der Waals surface area contributed by atoms with Crippen molar-refractivity contribution in [1.82, 2.24) is 0 Å². The second kappa shape index (κ2) is 5.67. The summed E-state index contributed by atoms with van der Waals surface area (Å²) in [6.45, 7) is 0. The lowest BCUT2D eigenvalue weighted by Gasteiger charge is -2.09. The Hall–Kier alpha value is -2.81. The fourth-order valence-corrected chi connectivity index (χ4v) is 2.32. The zero-order valence-corrected chi connectivity index (χ0v) is 11.7. The number of rotatable bonds is 3. The number of methoxy groups -OCH3 is 1. The molecular formula is C18H15NO2. The van der Waals surface area contributed by atoms with E-state index in [0.29, 0.717) is 17.0 Å². The molecule has 3 aromatic rings. The van der Waals surface area contributed by atoms with Gasteiger partial charge >= 0.3 is 0 Å². The number of hydrogen-bond donors (Lipinski definition) is 1. The zero-order valence-electron chi connectivity index (χ0n) is 11.7. The van der Waals surface area contributed by atoms with Gasteiger partial charge in [-0.2, -0.15) is 0 Å². The highest BCUT2D eigenvalue weighted by Crippen LogP contribution is 2.21. The van der Waals surface area contributed by atoms with E-state index in [2.05, 4.69) is 5.32 Å². The monoisotopic (exact) mass is 277 g/mol. The third kappa shape index (κ3) is 2.72. The van der Waals surface area contributed by atoms with Crippen LogP contribution in [0.15, 0.2) is 66.7 Å². The first-order chi connectivity index (χ1) is 10.3. The molecule has 0 heterocycles. The molecule has 104 valence electrons. The number of carbonyl (C=O) groups is 1. The molecule has 0 fully saturated rings. The van der Waals surface area contributed by atoms with Crippen molar-refractivity contribution in [2.75, 3.05) is 12.4 Å². The summed E-state index contributed by atoms with van der Waals surface area (Å²) in [7, 11) is 1.60. The molecule has 3 aromatic carbocycles. The molecular weight excluding hydrogens is 262 g/mol. The van der Waals surface area contributed by atoms with Crippen LogP contribution in [0.2, 0.25) is 0 Å². The van der Waals surface area contributed by atoms with Crippen LogP contribution in [0.5, 0.6) is 5.75 Å². The van der Waals surface area contributed by atoms with Gasteiger partial charge in [-0.3, -0.25) is 4.79 Å². The topological polar surface area (TPSA) is 38.3 Å². The van der Waals surface area contributed by atoms with E-state index in [1.807, 2.05) is 60.7 Å². The number of ether oxygens (including phenoxy) is 1. The Bertz CT molecular complexity index is 791. The standard InChI is InChI=1S/C18H15NO2/c1-21-15-9-5-8-14(12-15)19-18(20)17-11-4-7-13-6-2-3-10-16(13)17/h2-12H,1H3,(H,19,20). The molecule has 3 rings (SSSR count). The van der Waals surface area contributed by atoms with Crippen LogP contribution in [0.1, 0.15) is 10.4 Å². The van der Waals surface area contributed by atoms with Gasteiger partial charge in [0.25, 0.3) is 5.91 Å². The van der Waals surface area contributed by atoms with Crippen LogP contribution in [0.4, 0.5) is 5.69 Å². The van der Waals surface area contributed by atoms with Crippen LogP contribution in [-0.2, 0) is 0 Å². The molecule has 0 aliphatic carbocycles. The first-order valence-corrected chi connectivity index (χ1v) is 6.71. The summed E-state index contributed by atoms with van der Waals surface area (Å²) in [5, 5.41) is 4.90. The van der Waals surface area contributed by atoms with E-state index in [1.165, 1.54) is 0 Å². The molecule has 1 N–H and O–H groups in total. The van der Waals surface area contributed by atoms with Gasteiger partial charge in [0.15, 0.2) is 0 Å². The maximum Gasteiger partial charge on any atom is 0.256 e. The van der Waals surface area contributed by atoms with Crippen LogP contribution in [0, 0.1) is 0 Å². The Morgan fingerprint density at radius 3 is 2.57 bits per heavy atom. The molecule has 0 aromatic heterocycles. The van der Waals surface area contributed by atoms with Crippen molar-refractivity contribution in [3.05, 3.63) is 72.3 Å². The average molecular weight is 277 g/mol. The highest BCUT2D eigenvalue weighted by Gasteiger charge is 2.10. The van der Waals surface area contributed by atoms with Crippen molar-refractivity contribution < 1.29 is 9.53 Å². The molecule has 0 aliphatic rings. The van der Waals surface area contributed by atoms with Crippen LogP contribution >= 0.6 is 0 Å². The average Bonchev–Trinajstić information content (AvgIpc) is 2.54. The minimum Gasteiger partial charge on any atom is -0.497 e. The summed E-state index contributed by atoms with van der Waals surface area (Å²) in [6, 6.07) is 20.9. The van der Waals surface area contributed by atoms with Crippen LogP contribution in [0.25, 0.3) is 10.8 Å². The molecule has 0 saturated carbocycles. The SMILES string of the molecule is COc1cccc(NC(=O)c2cccc3ccccc23)c1. The van der Waals surface area contributed by atoms with Crippen molar-refractivity contribution in [2.45, 2.75) is 0 Å². The number of benzene rings is 3. The summed E-state index contributed by atoms with van der Waals surface area (Å²) in [4.78, 5) is 12.5. The molecule has 0 saturated heterocycles. The van der Waals surface area contributed by atoms with E-state index in [9.17, 15) is 4.79 Å². The third-order valence-corrected chi connectivity index (χ3v) is 3.36. The summed E-state index contributed by atoms with van der Waals surface area (Å²) < 4.78 is 5.16. The minimum atomic E-state index is -0.125. The third-order valence-electron chi connectivity index (χ3n) is 3.36. The smallest absolute Gasteiger partial charge is 0.256 e. The number of nitrogens with one attached hydrogen (secondary N) is 1. The Kier molecular flexibility index (Phi) is 3.56. The number of hydrogen-bond acceptors (Lipinski definition) is 2. The van der Waals surface area contributed by atoms with Gasteiger partial charge in [-0.25, -0.2) is 0 Å². The van der Waals surface area contributed by atoms with Gasteiger partial charge in [-0.15, -0.1) is 0 Å². The van der Waals surface area contributed by atoms with Gasteiger partial charge in [0.1, 0.15) is 5.75 Å². The van der Waals surface area contributed by atoms with Gasteiger partial charge < -0.3 is 10.1 Å². The van der Waals surface area contributed by atoms with Gasteiger partial charge in [-0.05, 0) is 29.0 Å². The fraction of sp³-hybridized carbons (Fsp3) is 0.0556. The molecule has 0 aliphatic heterocycles. The van der Waals surface area contributed by atoms with E-state index < -0.39 is 0 Å². The molecule has 0 unspecified atom stereocenters. The molecule has 21 heavy (non-hydrogen) atoms. The van der Waals surface area contributed by atoms with Gasteiger partial charge in [0.2, 0.25) is 0 Å². The molecule has 0 spiro atoms. The molecule has 0 radical (unpaired) electrons. The van der Waals surface area contributed by atoms with Crippen molar-refractivity contribution in [2.24, 2.45) is 0 Å². The van der Waals surface area contributed by atoms with E-state index in [4.69, 9.17) is 4.74 Å². The largest absolute Gasteiger partial charge is 0.497 e. The van der Waals surface area contributed by atoms with E-state index >= 15 is 0 Å². The molecule has 0 atom stereocenters. The maximum absolute atomic E-state index is 12.5. The Morgan fingerprint density at radius 1 is 0.952 bits per heavy atom. The van der Waals surface area contributed by atoms with E-state index in [0.717, 1.165) is 10.8 Å². The minimum absolute atomic E-state index is 0.125. The summed E-state index contributed by atoms with van der Waals surface area (Å²) >= 11 is 0. The fourth-order valence-electron chi connectivity index (χ4n) is 2.32. The summed E-state index contributed by atoms with van der Waals surface area (Å²) in [5.74, 6) is 0.589. The first-order valence-electron chi connectivity index (χ1n) is 6.71. The zero-order chi connectivity index (χ0) is 14.7. The van der Waals surface area contributed by atoms with Crippen LogP contribution in [-0.4, -0.2) is 13.0 Å². The first kappa shape index (κ1) is 13.2. The second-order valence-corrected chi connectivity index (χ2v) is 4.71. The normalized spacial score (nSPS) is 10.3. The molecule has 1 amide bonds. The van der Waals surface area contributed by atoms with Crippen molar-refractivity contribution in [1.29, 1.82) is 0 Å². The Balaban J connectivity index is 1.93. The van der Waals surface area contributed by atoms with Gasteiger partial charge in [0.05, 0.1) is 7.11 Å². The lowest BCUT2D eigenvalue weighted by molar-refractivity contribution is 0.102. The number of fused-ring (bicyclic) bond motifs is 1. The molecule has 0 bridgehead atoms. The lowest BCUT2D eigenvalue weighted by atomic mass is 10.0. The number of carbonyl (C=O) groups excluding carboxylic acids is 1. The lowest BCUT2D eigenvalue weighted by Crippen LogP contribution is -2.12. The highest BCUT2D eigenvalue weighted by atomic mass is 16.5. The van der Waals surface area contributed by atoms with Crippen molar-refractivity contribution in [3.8, 4) is 5.75 Å². The summed E-state index contributed by atoms with van der Waals surface area (Å²) in [5.41, 5.74) is 1.38. The maximum atomic E-state index is 12.5. The number of anilines is 1. The predicted molar refractivity (Wildman–Crippen MR) is 84.9 cm³/mol. The molecule has 3 heteroatoms. The summed E-state index contributed by atoms with van der Waals surface area (Å²) in [6.07, 6.45) is 0. The quantitative estimate of drug-likeness (QED) is 0.782. The second-order valence-electron chi connectivity index (χ2n) is 4.71. The number of amides is 1. The van der Waals surface area contributed by atoms with Crippen molar-refractivity contribution >= 4 is 22.4 Å². The predicted octanol–water partition coefficient (Wildman–Crippen LogP) is 4.10.